The molecule has 1 saturated heterocycles. The third-order valence-electron chi connectivity index (χ3n) is 3.39. The number of amides is 1. The molecule has 1 atom stereocenters. The smallest absolute Gasteiger partial charge is 0.256 e. The Hall–Kier alpha value is -1.94. The summed E-state index contributed by atoms with van der Waals surface area (Å²) in [5, 5.41) is 0.995. The van der Waals surface area contributed by atoms with E-state index < -0.39 is 0 Å². The maximum Gasteiger partial charge on any atom is 0.256 e. The molecule has 3 rings (SSSR count). The van der Waals surface area contributed by atoms with Crippen LogP contribution in [0.25, 0.3) is 10.9 Å². The van der Waals surface area contributed by atoms with Crippen LogP contribution >= 0.6 is 0 Å². The number of hydrogen-bond donors (Lipinski definition) is 0. The molecule has 1 aromatic carbocycles. The number of benzene rings is 1. The van der Waals surface area contributed by atoms with Crippen molar-refractivity contribution in [3.8, 4) is 0 Å². The number of morpholine rings is 1. The first-order chi connectivity index (χ1) is 9.25. The number of fused-ring (bicyclic) bond motifs is 1. The van der Waals surface area contributed by atoms with Crippen molar-refractivity contribution in [2.24, 2.45) is 0 Å². The van der Waals surface area contributed by atoms with Crippen LogP contribution in [-0.2, 0) is 4.74 Å². The lowest BCUT2D eigenvalue weighted by molar-refractivity contribution is -0.0123. The summed E-state index contributed by atoms with van der Waals surface area (Å²) in [5.41, 5.74) is 1.45. The second kappa shape index (κ2) is 4.97. The molecule has 1 aliphatic heterocycles. The van der Waals surface area contributed by atoms with E-state index in [1.165, 1.54) is 0 Å². The number of para-hydroxylation sites is 1. The first kappa shape index (κ1) is 12.1. The fraction of sp³-hybridized carbons (Fsp3) is 0.333. The summed E-state index contributed by atoms with van der Waals surface area (Å²) in [6, 6.07) is 9.58. The summed E-state index contributed by atoms with van der Waals surface area (Å²) in [5.74, 6) is 0.0412. The minimum absolute atomic E-state index is 0.0412. The Bertz CT molecular complexity index is 607. The predicted octanol–water partition coefficient (Wildman–Crippen LogP) is 2.10. The lowest BCUT2D eigenvalue weighted by Crippen LogP contribution is -2.44. The minimum atomic E-state index is 0.0412. The van der Waals surface area contributed by atoms with Crippen LogP contribution in [0.2, 0.25) is 0 Å². The van der Waals surface area contributed by atoms with Crippen LogP contribution in [0.15, 0.2) is 36.5 Å². The molecule has 4 nitrogen and oxygen atoms in total. The van der Waals surface area contributed by atoms with Crippen LogP contribution in [0.4, 0.5) is 0 Å². The fourth-order valence-corrected chi connectivity index (χ4v) is 2.45. The van der Waals surface area contributed by atoms with E-state index in [1.54, 1.807) is 6.20 Å². The SMILES string of the molecule is CC1CN(C(=O)c2cccc3cccnc23)CCO1. The first-order valence-corrected chi connectivity index (χ1v) is 6.50. The van der Waals surface area contributed by atoms with Crippen molar-refractivity contribution >= 4 is 16.8 Å². The molecular formula is C15H16N2O2. The molecule has 0 aliphatic carbocycles. The van der Waals surface area contributed by atoms with Gasteiger partial charge in [0.2, 0.25) is 0 Å². The third-order valence-corrected chi connectivity index (χ3v) is 3.39. The van der Waals surface area contributed by atoms with E-state index in [4.69, 9.17) is 4.74 Å². The molecule has 0 spiro atoms. The van der Waals surface area contributed by atoms with Gasteiger partial charge >= 0.3 is 0 Å². The summed E-state index contributed by atoms with van der Waals surface area (Å²) in [4.78, 5) is 18.8. The molecular weight excluding hydrogens is 240 g/mol. The van der Waals surface area contributed by atoms with E-state index in [0.717, 1.165) is 10.9 Å². The molecule has 1 amide bonds. The molecule has 19 heavy (non-hydrogen) atoms. The van der Waals surface area contributed by atoms with Gasteiger partial charge in [-0.1, -0.05) is 18.2 Å². The van der Waals surface area contributed by atoms with Crippen molar-refractivity contribution < 1.29 is 9.53 Å². The highest BCUT2D eigenvalue weighted by atomic mass is 16.5. The molecule has 1 aliphatic rings. The Morgan fingerprint density at radius 2 is 2.21 bits per heavy atom. The van der Waals surface area contributed by atoms with Gasteiger partial charge in [-0.15, -0.1) is 0 Å². The molecule has 2 aromatic rings. The van der Waals surface area contributed by atoms with Gasteiger partial charge in [-0.25, -0.2) is 0 Å². The molecule has 2 heterocycles. The number of carbonyl (C=O) groups excluding carboxylic acids is 1. The minimum Gasteiger partial charge on any atom is -0.375 e. The average Bonchev–Trinajstić information content (AvgIpc) is 2.46. The van der Waals surface area contributed by atoms with Gasteiger partial charge in [0.15, 0.2) is 0 Å². The Balaban J connectivity index is 1.97. The maximum atomic E-state index is 12.6. The van der Waals surface area contributed by atoms with Gasteiger partial charge in [0.25, 0.3) is 5.91 Å². The molecule has 4 heteroatoms. The predicted molar refractivity (Wildman–Crippen MR) is 73.1 cm³/mol. The molecule has 0 radical (unpaired) electrons. The van der Waals surface area contributed by atoms with Crippen LogP contribution in [0, 0.1) is 0 Å². The maximum absolute atomic E-state index is 12.6. The number of pyridine rings is 1. The van der Waals surface area contributed by atoms with Crippen molar-refractivity contribution in [3.63, 3.8) is 0 Å². The van der Waals surface area contributed by atoms with Crippen LogP contribution < -0.4 is 0 Å². The highest BCUT2D eigenvalue weighted by Crippen LogP contribution is 2.19. The zero-order valence-corrected chi connectivity index (χ0v) is 10.9. The lowest BCUT2D eigenvalue weighted by Gasteiger charge is -2.31. The standard InChI is InChI=1S/C15H16N2O2/c1-11-10-17(8-9-19-11)15(18)13-6-2-4-12-5-3-7-16-14(12)13/h2-7,11H,8-10H2,1H3. The van der Waals surface area contributed by atoms with E-state index in [9.17, 15) is 4.79 Å². The molecule has 1 aromatic heterocycles. The van der Waals surface area contributed by atoms with Gasteiger partial charge in [-0.2, -0.15) is 0 Å². The number of ether oxygens (including phenoxy) is 1. The van der Waals surface area contributed by atoms with Crippen molar-refractivity contribution in [3.05, 3.63) is 42.1 Å². The van der Waals surface area contributed by atoms with Crippen LogP contribution in [0.3, 0.4) is 0 Å². The summed E-state index contributed by atoms with van der Waals surface area (Å²) >= 11 is 0. The van der Waals surface area contributed by atoms with E-state index in [2.05, 4.69) is 4.98 Å². The van der Waals surface area contributed by atoms with Crippen molar-refractivity contribution in [2.75, 3.05) is 19.7 Å². The van der Waals surface area contributed by atoms with Crippen LogP contribution in [-0.4, -0.2) is 41.6 Å². The monoisotopic (exact) mass is 256 g/mol. The lowest BCUT2D eigenvalue weighted by atomic mass is 10.1. The summed E-state index contributed by atoms with van der Waals surface area (Å²) < 4.78 is 5.47. The highest BCUT2D eigenvalue weighted by Gasteiger charge is 2.23. The van der Waals surface area contributed by atoms with Gasteiger partial charge < -0.3 is 9.64 Å². The summed E-state index contributed by atoms with van der Waals surface area (Å²) in [7, 11) is 0. The number of nitrogens with zero attached hydrogens (tertiary/aromatic N) is 2. The van der Waals surface area contributed by atoms with Gasteiger partial charge in [-0.05, 0) is 19.1 Å². The van der Waals surface area contributed by atoms with Gasteiger partial charge in [0, 0.05) is 24.7 Å². The largest absolute Gasteiger partial charge is 0.375 e. The summed E-state index contributed by atoms with van der Waals surface area (Å²) in [6.07, 6.45) is 1.82. The molecule has 0 N–H and O–H groups in total. The van der Waals surface area contributed by atoms with E-state index in [-0.39, 0.29) is 12.0 Å². The molecule has 1 fully saturated rings. The van der Waals surface area contributed by atoms with E-state index >= 15 is 0 Å². The zero-order chi connectivity index (χ0) is 13.2. The number of rotatable bonds is 1. The van der Waals surface area contributed by atoms with Crippen molar-refractivity contribution in [1.29, 1.82) is 0 Å². The Labute approximate surface area is 112 Å². The number of aromatic nitrogens is 1. The highest BCUT2D eigenvalue weighted by molar-refractivity contribution is 6.05. The quantitative estimate of drug-likeness (QED) is 0.784. The number of hydrogen-bond acceptors (Lipinski definition) is 3. The molecule has 0 bridgehead atoms. The first-order valence-electron chi connectivity index (χ1n) is 6.50. The Morgan fingerprint density at radius 3 is 3.05 bits per heavy atom. The van der Waals surface area contributed by atoms with Crippen molar-refractivity contribution in [1.82, 2.24) is 9.88 Å². The second-order valence-corrected chi connectivity index (χ2v) is 4.81. The average molecular weight is 256 g/mol. The third kappa shape index (κ3) is 2.31. The second-order valence-electron chi connectivity index (χ2n) is 4.81. The number of carbonyl (C=O) groups is 1. The fourth-order valence-electron chi connectivity index (χ4n) is 2.45. The van der Waals surface area contributed by atoms with E-state index in [1.807, 2.05) is 42.2 Å². The topological polar surface area (TPSA) is 42.4 Å². The molecule has 0 saturated carbocycles. The Kier molecular flexibility index (Phi) is 3.17. The van der Waals surface area contributed by atoms with Gasteiger partial charge in [0.1, 0.15) is 0 Å². The Morgan fingerprint density at radius 1 is 1.37 bits per heavy atom. The summed E-state index contributed by atoms with van der Waals surface area (Å²) in [6.45, 7) is 3.88. The van der Waals surface area contributed by atoms with Crippen molar-refractivity contribution in [2.45, 2.75) is 13.0 Å². The van der Waals surface area contributed by atoms with Gasteiger partial charge in [0.05, 0.1) is 23.8 Å². The normalized spacial score (nSPS) is 19.6. The van der Waals surface area contributed by atoms with Gasteiger partial charge in [-0.3, -0.25) is 9.78 Å². The zero-order valence-electron chi connectivity index (χ0n) is 10.9. The molecule has 1 unspecified atom stereocenters. The van der Waals surface area contributed by atoms with Crippen LogP contribution in [0.1, 0.15) is 17.3 Å². The molecule has 98 valence electrons. The van der Waals surface area contributed by atoms with Crippen LogP contribution in [0.5, 0.6) is 0 Å². The van der Waals surface area contributed by atoms with E-state index in [0.29, 0.717) is 25.3 Å².